The van der Waals surface area contributed by atoms with Gasteiger partial charge in [-0.1, -0.05) is 25.2 Å². The van der Waals surface area contributed by atoms with Crippen LogP contribution in [0.4, 0.5) is 9.93 Å². The van der Waals surface area contributed by atoms with Crippen molar-refractivity contribution in [1.29, 1.82) is 0 Å². The average molecular weight is 404 g/mol. The molecule has 150 valence electrons. The molecule has 0 aliphatic carbocycles. The maximum Gasteiger partial charge on any atom is 0.328 e. The Bertz CT molecular complexity index is 855. The number of urea groups is 1. The quantitative estimate of drug-likeness (QED) is 0.707. The van der Waals surface area contributed by atoms with Gasteiger partial charge in [-0.15, -0.1) is 10.2 Å². The second kappa shape index (κ2) is 7.16. The van der Waals surface area contributed by atoms with Crippen molar-refractivity contribution in [3.05, 3.63) is 23.5 Å². The predicted octanol–water partition coefficient (Wildman–Crippen LogP) is 1.73. The molecule has 2 saturated heterocycles. The third-order valence-corrected chi connectivity index (χ3v) is 6.23. The number of rotatable bonds is 5. The van der Waals surface area contributed by atoms with Gasteiger partial charge in [0.2, 0.25) is 5.13 Å². The zero-order chi connectivity index (χ0) is 19.9. The van der Waals surface area contributed by atoms with Gasteiger partial charge in [0.05, 0.1) is 12.7 Å². The fraction of sp³-hybridized carbons (Fsp3) is 0.611. The Hall–Kier alpha value is -2.49. The maximum absolute atomic E-state index is 13.5. The third kappa shape index (κ3) is 3.15. The van der Waals surface area contributed by atoms with E-state index in [0.717, 1.165) is 10.7 Å². The molecule has 2 aliphatic rings. The number of amides is 3. The van der Waals surface area contributed by atoms with Crippen LogP contribution in [0.1, 0.15) is 32.3 Å². The normalized spacial score (nSPS) is 19.5. The summed E-state index contributed by atoms with van der Waals surface area (Å²) in [7, 11) is 1.83. The number of hydrogen-bond acceptors (Lipinski definition) is 7. The van der Waals surface area contributed by atoms with Gasteiger partial charge in [-0.05, 0) is 18.8 Å². The highest BCUT2D eigenvalue weighted by Crippen LogP contribution is 2.39. The van der Waals surface area contributed by atoms with Gasteiger partial charge in [-0.3, -0.25) is 14.4 Å². The number of hydrogen-bond donors (Lipinski definition) is 0. The van der Waals surface area contributed by atoms with Crippen LogP contribution in [0, 0.1) is 5.92 Å². The smallest absolute Gasteiger partial charge is 0.328 e. The van der Waals surface area contributed by atoms with Crippen LogP contribution in [-0.2, 0) is 18.4 Å². The Morgan fingerprint density at radius 1 is 1.25 bits per heavy atom. The molecule has 4 rings (SSSR count). The molecule has 2 aromatic rings. The lowest BCUT2D eigenvalue weighted by atomic mass is 9.85. The summed E-state index contributed by atoms with van der Waals surface area (Å²) in [6, 6.07) is -0.188. The molecule has 9 nitrogen and oxygen atoms in total. The van der Waals surface area contributed by atoms with Gasteiger partial charge in [-0.25, -0.2) is 4.79 Å². The highest BCUT2D eigenvalue weighted by Gasteiger charge is 2.58. The molecule has 0 N–H and O–H groups in total. The van der Waals surface area contributed by atoms with Gasteiger partial charge in [0.25, 0.3) is 5.91 Å². The van der Waals surface area contributed by atoms with E-state index in [2.05, 4.69) is 34.0 Å². The van der Waals surface area contributed by atoms with Crippen molar-refractivity contribution in [1.82, 2.24) is 29.8 Å². The number of anilines is 1. The lowest BCUT2D eigenvalue weighted by Gasteiger charge is -2.42. The number of imide groups is 1. The lowest BCUT2D eigenvalue weighted by Crippen LogP contribution is -2.57. The Labute approximate surface area is 167 Å². The summed E-state index contributed by atoms with van der Waals surface area (Å²) in [5.74, 6) is 0.201. The summed E-state index contributed by atoms with van der Waals surface area (Å²) in [6.45, 7) is 6.36. The number of carbonyl (C=O) groups is 2. The topological polar surface area (TPSA) is 87.5 Å². The van der Waals surface area contributed by atoms with Crippen LogP contribution in [0.15, 0.2) is 17.9 Å². The van der Waals surface area contributed by atoms with E-state index in [4.69, 9.17) is 0 Å². The largest absolute Gasteiger partial charge is 0.346 e. The van der Waals surface area contributed by atoms with Gasteiger partial charge in [0.15, 0.2) is 0 Å². The highest BCUT2D eigenvalue weighted by molar-refractivity contribution is 7.13. The van der Waals surface area contributed by atoms with Gasteiger partial charge < -0.3 is 9.80 Å². The van der Waals surface area contributed by atoms with Crippen LogP contribution in [0.3, 0.4) is 0 Å². The summed E-state index contributed by atoms with van der Waals surface area (Å²) in [4.78, 5) is 32.1. The SMILES string of the molecule is CC(C)CN1C(=O)N(Cc2cnn(C)c2)C(=O)C12CCN(c1nncs1)CC2. The molecular formula is C18H25N7O2S. The van der Waals surface area contributed by atoms with E-state index in [1.807, 2.05) is 18.1 Å². The van der Waals surface area contributed by atoms with Crippen molar-refractivity contribution in [3.63, 3.8) is 0 Å². The molecule has 10 heteroatoms. The van der Waals surface area contributed by atoms with Crippen LogP contribution < -0.4 is 4.90 Å². The van der Waals surface area contributed by atoms with E-state index in [-0.39, 0.29) is 24.4 Å². The first-order valence-electron chi connectivity index (χ1n) is 9.53. The van der Waals surface area contributed by atoms with Gasteiger partial charge in [0, 0.05) is 38.4 Å². The molecule has 3 amide bonds. The number of nitrogens with zero attached hydrogens (tertiary/aromatic N) is 7. The summed E-state index contributed by atoms with van der Waals surface area (Å²) in [6.07, 6.45) is 4.76. The third-order valence-electron chi connectivity index (χ3n) is 5.48. The molecule has 4 heterocycles. The molecule has 28 heavy (non-hydrogen) atoms. The zero-order valence-corrected chi connectivity index (χ0v) is 17.2. The monoisotopic (exact) mass is 403 g/mol. The minimum Gasteiger partial charge on any atom is -0.346 e. The standard InChI is InChI=1S/C18H25N7O2S/c1-13(2)9-25-17(27)24(11-14-8-20-22(3)10-14)15(26)18(25)4-6-23(7-5-18)16-21-19-12-28-16/h8,10,12-13H,4-7,9,11H2,1-3H3. The van der Waals surface area contributed by atoms with Crippen molar-refractivity contribution in [3.8, 4) is 0 Å². The van der Waals surface area contributed by atoms with E-state index in [9.17, 15) is 9.59 Å². The first-order chi connectivity index (χ1) is 13.4. The average Bonchev–Trinajstić information content (AvgIpc) is 3.38. The molecule has 0 saturated carbocycles. The van der Waals surface area contributed by atoms with E-state index in [0.29, 0.717) is 32.5 Å². The van der Waals surface area contributed by atoms with Gasteiger partial charge in [0.1, 0.15) is 11.0 Å². The van der Waals surface area contributed by atoms with Crippen molar-refractivity contribution in [2.45, 2.75) is 38.8 Å². The Balaban J connectivity index is 1.58. The fourth-order valence-electron chi connectivity index (χ4n) is 4.13. The summed E-state index contributed by atoms with van der Waals surface area (Å²) in [5.41, 5.74) is 1.81. The number of piperidine rings is 1. The zero-order valence-electron chi connectivity index (χ0n) is 16.4. The van der Waals surface area contributed by atoms with Crippen LogP contribution in [-0.4, -0.2) is 66.9 Å². The highest BCUT2D eigenvalue weighted by atomic mass is 32.1. The van der Waals surface area contributed by atoms with E-state index >= 15 is 0 Å². The lowest BCUT2D eigenvalue weighted by molar-refractivity contribution is -0.134. The maximum atomic E-state index is 13.5. The molecule has 2 fully saturated rings. The molecule has 2 aliphatic heterocycles. The molecule has 0 unspecified atom stereocenters. The van der Waals surface area contributed by atoms with Crippen LogP contribution in [0.2, 0.25) is 0 Å². The summed E-state index contributed by atoms with van der Waals surface area (Å²) < 4.78 is 1.68. The van der Waals surface area contributed by atoms with Crippen molar-refractivity contribution in [2.24, 2.45) is 13.0 Å². The molecule has 0 bridgehead atoms. The number of carbonyl (C=O) groups excluding carboxylic acids is 2. The van der Waals surface area contributed by atoms with Crippen LogP contribution in [0.25, 0.3) is 0 Å². The summed E-state index contributed by atoms with van der Waals surface area (Å²) in [5, 5.41) is 13.1. The molecule has 0 aromatic carbocycles. The van der Waals surface area contributed by atoms with Crippen LogP contribution in [0.5, 0.6) is 0 Å². The molecular weight excluding hydrogens is 378 g/mol. The Kier molecular flexibility index (Phi) is 4.82. The van der Waals surface area contributed by atoms with Gasteiger partial charge in [-0.2, -0.15) is 5.10 Å². The minimum absolute atomic E-state index is 0.0843. The molecule has 0 radical (unpaired) electrons. The van der Waals surface area contributed by atoms with Crippen molar-refractivity contribution < 1.29 is 9.59 Å². The molecule has 0 atom stereocenters. The Morgan fingerprint density at radius 2 is 2.00 bits per heavy atom. The number of aromatic nitrogens is 4. The predicted molar refractivity (Wildman–Crippen MR) is 105 cm³/mol. The van der Waals surface area contributed by atoms with E-state index in [1.54, 1.807) is 16.4 Å². The Morgan fingerprint density at radius 3 is 2.57 bits per heavy atom. The molecule has 1 spiro atoms. The first kappa shape index (κ1) is 18.9. The fourth-order valence-corrected chi connectivity index (χ4v) is 4.75. The van der Waals surface area contributed by atoms with E-state index in [1.165, 1.54) is 16.2 Å². The second-order valence-electron chi connectivity index (χ2n) is 7.94. The summed E-state index contributed by atoms with van der Waals surface area (Å²) >= 11 is 1.50. The van der Waals surface area contributed by atoms with E-state index < -0.39 is 5.54 Å². The minimum atomic E-state index is -0.759. The van der Waals surface area contributed by atoms with Crippen LogP contribution >= 0.6 is 11.3 Å². The molecule has 2 aromatic heterocycles. The number of aryl methyl sites for hydroxylation is 1. The van der Waals surface area contributed by atoms with Gasteiger partial charge >= 0.3 is 6.03 Å². The first-order valence-corrected chi connectivity index (χ1v) is 10.4. The van der Waals surface area contributed by atoms with Crippen molar-refractivity contribution in [2.75, 3.05) is 24.5 Å². The second-order valence-corrected chi connectivity index (χ2v) is 8.75. The van der Waals surface area contributed by atoms with Crippen molar-refractivity contribution >= 4 is 28.4 Å².